The minimum atomic E-state index is -2.59. The van der Waals surface area contributed by atoms with Crippen molar-refractivity contribution in [2.24, 2.45) is 40.4 Å². The highest BCUT2D eigenvalue weighted by Gasteiger charge is 2.65. The SMILES string of the molecule is CC(C)[N+](O)(C(=O)[C@H]1CC[C@H]2[C@@H]3CC[C@H]4C(F)=C([P+](=O)O)CC[C@]4(C)[C@H]3CC[C@]12C)C(C)C. The first-order chi connectivity index (χ1) is 15.3. The molecule has 1 amide bonds. The van der Waals surface area contributed by atoms with Gasteiger partial charge in [0.05, 0.1) is 5.92 Å². The third kappa shape index (κ3) is 3.53. The van der Waals surface area contributed by atoms with Crippen LogP contribution in [-0.2, 0) is 9.36 Å². The third-order valence-corrected chi connectivity index (χ3v) is 11.7. The Bertz CT molecular complexity index is 864. The molecule has 8 atom stereocenters. The van der Waals surface area contributed by atoms with Crippen molar-refractivity contribution in [1.82, 2.24) is 0 Å². The molecule has 5 nitrogen and oxygen atoms in total. The molecule has 0 saturated heterocycles. The first kappa shape index (κ1) is 25.4. The number of halogens is 1. The van der Waals surface area contributed by atoms with E-state index in [4.69, 9.17) is 0 Å². The molecule has 0 aliphatic heterocycles. The molecule has 3 saturated carbocycles. The zero-order chi connectivity index (χ0) is 24.5. The molecule has 0 spiro atoms. The fourth-order valence-corrected chi connectivity index (χ4v) is 9.53. The number of carbonyl (C=O) groups is 1. The summed E-state index contributed by atoms with van der Waals surface area (Å²) in [5, 5.41) is 11.6. The fraction of sp³-hybridized carbons (Fsp3) is 0.885. The van der Waals surface area contributed by atoms with Crippen LogP contribution < -0.4 is 0 Å². The Morgan fingerprint density at radius 2 is 1.61 bits per heavy atom. The van der Waals surface area contributed by atoms with E-state index in [2.05, 4.69) is 13.8 Å². The van der Waals surface area contributed by atoms with Gasteiger partial charge in [-0.15, -0.1) is 4.65 Å². The lowest BCUT2D eigenvalue weighted by molar-refractivity contribution is -1.07. The maximum absolute atomic E-state index is 15.3. The Morgan fingerprint density at radius 3 is 2.18 bits per heavy atom. The van der Waals surface area contributed by atoms with Gasteiger partial charge in [-0.1, -0.05) is 13.8 Å². The molecule has 186 valence electrons. The number of amides is 1. The molecule has 4 rings (SSSR count). The van der Waals surface area contributed by atoms with Crippen LogP contribution in [0.2, 0.25) is 0 Å². The number of fused-ring (bicyclic) bond motifs is 5. The van der Waals surface area contributed by atoms with Crippen molar-refractivity contribution in [3.05, 3.63) is 11.1 Å². The van der Waals surface area contributed by atoms with Gasteiger partial charge in [-0.25, -0.2) is 14.4 Å². The molecular formula is C26H43FNO4P+2. The highest BCUT2D eigenvalue weighted by atomic mass is 31.1. The summed E-state index contributed by atoms with van der Waals surface area (Å²) in [6.07, 6.45) is 6.51. The summed E-state index contributed by atoms with van der Waals surface area (Å²) in [7, 11) is -2.59. The number of rotatable bonds is 4. The molecule has 0 aromatic rings. The summed E-state index contributed by atoms with van der Waals surface area (Å²) in [5.41, 5.74) is -0.307. The Morgan fingerprint density at radius 1 is 1.00 bits per heavy atom. The lowest BCUT2D eigenvalue weighted by Crippen LogP contribution is -2.63. The van der Waals surface area contributed by atoms with E-state index >= 15 is 4.39 Å². The molecule has 3 fully saturated rings. The van der Waals surface area contributed by atoms with Crippen LogP contribution in [0.15, 0.2) is 11.1 Å². The van der Waals surface area contributed by atoms with Crippen LogP contribution in [0.25, 0.3) is 0 Å². The van der Waals surface area contributed by atoms with Crippen molar-refractivity contribution in [1.29, 1.82) is 0 Å². The molecule has 1 unspecified atom stereocenters. The molecular weight excluding hydrogens is 440 g/mol. The lowest BCUT2D eigenvalue weighted by atomic mass is 9.45. The van der Waals surface area contributed by atoms with Gasteiger partial charge in [0.15, 0.2) is 5.83 Å². The van der Waals surface area contributed by atoms with E-state index in [1.165, 1.54) is 0 Å². The highest BCUT2D eigenvalue weighted by Crippen LogP contribution is 2.69. The van der Waals surface area contributed by atoms with Gasteiger partial charge in [0.25, 0.3) is 0 Å². The van der Waals surface area contributed by atoms with Gasteiger partial charge in [0.1, 0.15) is 12.1 Å². The van der Waals surface area contributed by atoms with E-state index in [1.54, 1.807) is 0 Å². The van der Waals surface area contributed by atoms with Crippen molar-refractivity contribution in [2.75, 3.05) is 0 Å². The normalized spacial score (nSPS) is 41.7. The van der Waals surface area contributed by atoms with Crippen molar-refractivity contribution in [3.63, 3.8) is 0 Å². The minimum absolute atomic E-state index is 0.0219. The van der Waals surface area contributed by atoms with Crippen molar-refractivity contribution in [3.8, 4) is 0 Å². The minimum Gasteiger partial charge on any atom is -0.227 e. The van der Waals surface area contributed by atoms with Gasteiger partial charge < -0.3 is 0 Å². The zero-order valence-corrected chi connectivity index (χ0v) is 22.1. The maximum Gasteiger partial charge on any atom is 0.544 e. The van der Waals surface area contributed by atoms with Gasteiger partial charge in [-0.3, -0.25) is 0 Å². The molecule has 0 aromatic heterocycles. The molecule has 4 aliphatic rings. The smallest absolute Gasteiger partial charge is 0.227 e. The Kier molecular flexibility index (Phi) is 6.52. The molecule has 2 N–H and O–H groups in total. The number of hydroxylamine groups is 3. The summed E-state index contributed by atoms with van der Waals surface area (Å²) >= 11 is 0. The van der Waals surface area contributed by atoms with E-state index in [0.717, 1.165) is 44.9 Å². The molecule has 0 aromatic carbocycles. The van der Waals surface area contributed by atoms with E-state index < -0.39 is 12.7 Å². The summed E-state index contributed by atoms with van der Waals surface area (Å²) in [5.74, 6) is 0.534. The van der Waals surface area contributed by atoms with Crippen molar-refractivity contribution >= 4 is 13.9 Å². The fourth-order valence-electron chi connectivity index (χ4n) is 8.89. The third-order valence-electron chi connectivity index (χ3n) is 10.8. The first-order valence-corrected chi connectivity index (χ1v) is 14.2. The van der Waals surface area contributed by atoms with E-state index in [0.29, 0.717) is 24.2 Å². The molecule has 0 bridgehead atoms. The van der Waals surface area contributed by atoms with Crippen molar-refractivity contribution < 1.29 is 28.5 Å². The van der Waals surface area contributed by atoms with Gasteiger partial charge in [-0.2, -0.15) is 4.89 Å². The summed E-state index contributed by atoms with van der Waals surface area (Å²) in [6, 6.07) is -0.370. The average molecular weight is 484 g/mol. The standard InChI is InChI=1S/C26H42FNO4P/c1-15(2)28(30,16(3)4)24(29)21-10-9-18-17-7-8-20-23(27)22(33(31)32)12-14-25(20,5)19(17)11-13-26(18,21)6/h15-21,30H,7-14H2,1-6H3/q+1/p+1/t17-,18-,19-,20-,21+,25+,26-/m0/s1. The number of hydrogen-bond donors (Lipinski definition) is 2. The van der Waals surface area contributed by atoms with Crippen LogP contribution in [0.3, 0.4) is 0 Å². The van der Waals surface area contributed by atoms with Crippen LogP contribution in [0.1, 0.15) is 92.9 Å². The quantitative estimate of drug-likeness (QED) is 0.201. The zero-order valence-electron chi connectivity index (χ0n) is 21.2. The number of nitrogens with zero attached hydrogens (tertiary/aromatic N) is 1. The van der Waals surface area contributed by atoms with Crippen LogP contribution in [-0.4, -0.2) is 32.7 Å². The predicted molar refractivity (Wildman–Crippen MR) is 126 cm³/mol. The second-order valence-corrected chi connectivity index (χ2v) is 13.6. The molecule has 33 heavy (non-hydrogen) atoms. The summed E-state index contributed by atoms with van der Waals surface area (Å²) < 4.78 is 26.5. The topological polar surface area (TPSA) is 74.6 Å². The number of carbonyl (C=O) groups excluding carboxylic acids is 1. The Balaban J connectivity index is 1.62. The molecule has 4 aliphatic carbocycles. The average Bonchev–Trinajstić information content (AvgIpc) is 3.09. The molecule has 0 heterocycles. The second kappa shape index (κ2) is 8.47. The van der Waals surface area contributed by atoms with Crippen LogP contribution in [0.5, 0.6) is 0 Å². The largest absolute Gasteiger partial charge is 0.544 e. The summed E-state index contributed by atoms with van der Waals surface area (Å²) in [6.45, 7) is 12.2. The Labute approximate surface area is 199 Å². The maximum atomic E-state index is 15.3. The van der Waals surface area contributed by atoms with Crippen molar-refractivity contribution in [2.45, 2.75) is 105 Å². The van der Waals surface area contributed by atoms with Gasteiger partial charge in [0, 0.05) is 12.3 Å². The lowest BCUT2D eigenvalue weighted by Gasteiger charge is -2.59. The van der Waals surface area contributed by atoms with Crippen LogP contribution >= 0.6 is 8.03 Å². The van der Waals surface area contributed by atoms with Crippen LogP contribution in [0.4, 0.5) is 4.39 Å². The highest BCUT2D eigenvalue weighted by molar-refractivity contribution is 7.43. The monoisotopic (exact) mass is 483 g/mol. The summed E-state index contributed by atoms with van der Waals surface area (Å²) in [4.78, 5) is 23.4. The number of quaternary nitrogens is 1. The number of hydrogen-bond acceptors (Lipinski definition) is 3. The van der Waals surface area contributed by atoms with Crippen LogP contribution in [0, 0.1) is 40.4 Å². The van der Waals surface area contributed by atoms with E-state index in [1.807, 2.05) is 27.7 Å². The van der Waals surface area contributed by atoms with Gasteiger partial charge in [-0.05, 0) is 106 Å². The van der Waals surface area contributed by atoms with Gasteiger partial charge >= 0.3 is 13.9 Å². The van der Waals surface area contributed by atoms with Gasteiger partial charge in [0.2, 0.25) is 5.31 Å². The molecule has 0 radical (unpaired) electrons. The predicted octanol–water partition coefficient (Wildman–Crippen LogP) is 6.72. The first-order valence-electron chi connectivity index (χ1n) is 13.0. The number of allylic oxidation sites excluding steroid dienone is 2. The molecule has 7 heteroatoms. The van der Waals surface area contributed by atoms with E-state index in [9.17, 15) is 19.5 Å². The Hall–Kier alpha value is -0.680. The van der Waals surface area contributed by atoms with E-state index in [-0.39, 0.29) is 51.8 Å². The second-order valence-electron chi connectivity index (χ2n) is 12.5.